The van der Waals surface area contributed by atoms with Gasteiger partial charge in [0.1, 0.15) is 5.82 Å². The van der Waals surface area contributed by atoms with Crippen molar-refractivity contribution in [3.63, 3.8) is 0 Å². The van der Waals surface area contributed by atoms with Crippen LogP contribution in [0.5, 0.6) is 0 Å². The maximum Gasteiger partial charge on any atom is 0.251 e. The van der Waals surface area contributed by atoms with Gasteiger partial charge in [0, 0.05) is 44.2 Å². The number of hydrogen-bond donors (Lipinski definition) is 2. The molecule has 1 aliphatic heterocycles. The minimum Gasteiger partial charge on any atom is -0.391 e. The molecule has 0 radical (unpaired) electrons. The summed E-state index contributed by atoms with van der Waals surface area (Å²) >= 11 is 0. The molecule has 3 rings (SSSR count). The van der Waals surface area contributed by atoms with Crippen LogP contribution in [0.3, 0.4) is 0 Å². The zero-order valence-electron chi connectivity index (χ0n) is 12.2. The van der Waals surface area contributed by atoms with Crippen LogP contribution < -0.4 is 11.3 Å². The van der Waals surface area contributed by atoms with Gasteiger partial charge in [-0.3, -0.25) is 14.7 Å². The summed E-state index contributed by atoms with van der Waals surface area (Å²) in [6, 6.07) is 4.36. The van der Waals surface area contributed by atoms with Crippen molar-refractivity contribution < 1.29 is 9.50 Å². The zero-order chi connectivity index (χ0) is 15.7. The molecule has 0 aliphatic carbocycles. The molecule has 0 unspecified atom stereocenters. The normalized spacial score (nSPS) is 22.5. The Kier molecular flexibility index (Phi) is 4.19. The molecule has 1 fully saturated rings. The molecule has 7 heteroatoms. The second-order valence-corrected chi connectivity index (χ2v) is 5.70. The number of aliphatic hydroxyl groups excluding tert-OH is 1. The summed E-state index contributed by atoms with van der Waals surface area (Å²) in [5, 5.41) is 9.87. The highest BCUT2D eigenvalue weighted by molar-refractivity contribution is 5.74. The van der Waals surface area contributed by atoms with Crippen molar-refractivity contribution in [2.45, 2.75) is 12.6 Å². The highest BCUT2D eigenvalue weighted by Crippen LogP contribution is 2.16. The number of likely N-dealkylation sites (tertiary alicyclic amines) is 1. The Morgan fingerprint density at radius 3 is 2.91 bits per heavy atom. The first kappa shape index (κ1) is 15.1. The van der Waals surface area contributed by atoms with E-state index in [2.05, 4.69) is 9.88 Å². The van der Waals surface area contributed by atoms with Crippen LogP contribution in [0, 0.1) is 11.7 Å². The highest BCUT2D eigenvalue weighted by Gasteiger charge is 2.29. The first-order valence-corrected chi connectivity index (χ1v) is 7.34. The molecular weight excluding hydrogens is 287 g/mol. The van der Waals surface area contributed by atoms with E-state index in [0.717, 1.165) is 6.20 Å². The lowest BCUT2D eigenvalue weighted by atomic mass is 10.1. The summed E-state index contributed by atoms with van der Waals surface area (Å²) in [4.78, 5) is 18.1. The van der Waals surface area contributed by atoms with Crippen LogP contribution in [0.4, 0.5) is 4.39 Å². The molecule has 22 heavy (non-hydrogen) atoms. The molecular formula is C15H19FN4O2. The molecule has 0 aromatic carbocycles. The van der Waals surface area contributed by atoms with Gasteiger partial charge in [-0.05, 0) is 12.6 Å². The van der Waals surface area contributed by atoms with E-state index in [4.69, 9.17) is 5.73 Å². The van der Waals surface area contributed by atoms with Crippen molar-refractivity contribution >= 4 is 11.0 Å². The van der Waals surface area contributed by atoms with Gasteiger partial charge in [-0.15, -0.1) is 0 Å². The number of aromatic nitrogens is 2. The van der Waals surface area contributed by atoms with Crippen LogP contribution in [-0.2, 0) is 6.54 Å². The van der Waals surface area contributed by atoms with Crippen molar-refractivity contribution in [2.24, 2.45) is 11.7 Å². The SMILES string of the molecule is NC[C@H]1CN(CCn2c(=O)ccc3ncc(F)cc32)C[C@H]1O. The second kappa shape index (κ2) is 6.12. The van der Waals surface area contributed by atoms with E-state index >= 15 is 0 Å². The van der Waals surface area contributed by atoms with Gasteiger partial charge in [-0.1, -0.05) is 0 Å². The number of pyridine rings is 2. The number of hydrogen-bond acceptors (Lipinski definition) is 5. The number of fused-ring (bicyclic) bond motifs is 1. The quantitative estimate of drug-likeness (QED) is 0.816. The summed E-state index contributed by atoms with van der Waals surface area (Å²) in [6.45, 7) is 2.73. The second-order valence-electron chi connectivity index (χ2n) is 5.70. The lowest BCUT2D eigenvalue weighted by molar-refractivity contribution is 0.144. The lowest BCUT2D eigenvalue weighted by Crippen LogP contribution is -2.30. The maximum absolute atomic E-state index is 13.4. The van der Waals surface area contributed by atoms with E-state index < -0.39 is 11.9 Å². The smallest absolute Gasteiger partial charge is 0.251 e. The standard InChI is InChI=1S/C15H19FN4O2/c16-11-5-13-12(18-7-11)1-2-15(22)20(13)4-3-19-8-10(6-17)14(21)9-19/h1-2,5,7,10,14,21H,3-4,6,8-9,17H2/t10-,14+/m0/s1. The molecule has 0 amide bonds. The number of nitrogens with two attached hydrogens (primary N) is 1. The summed E-state index contributed by atoms with van der Waals surface area (Å²) in [5.74, 6) is -0.394. The minimum absolute atomic E-state index is 0.0725. The van der Waals surface area contributed by atoms with Gasteiger partial charge in [-0.25, -0.2) is 4.39 Å². The molecule has 2 aromatic rings. The van der Waals surface area contributed by atoms with Crippen LogP contribution >= 0.6 is 0 Å². The summed E-state index contributed by atoms with van der Waals surface area (Å²) in [6.07, 6.45) is 0.716. The fraction of sp³-hybridized carbons (Fsp3) is 0.467. The average Bonchev–Trinajstić information content (AvgIpc) is 2.86. The lowest BCUT2D eigenvalue weighted by Gasteiger charge is -2.17. The third-order valence-corrected chi connectivity index (χ3v) is 4.23. The van der Waals surface area contributed by atoms with Gasteiger partial charge in [0.2, 0.25) is 0 Å². The van der Waals surface area contributed by atoms with Crippen LogP contribution in [0.25, 0.3) is 11.0 Å². The highest BCUT2D eigenvalue weighted by atomic mass is 19.1. The van der Waals surface area contributed by atoms with E-state index in [1.807, 2.05) is 0 Å². The molecule has 0 bridgehead atoms. The third-order valence-electron chi connectivity index (χ3n) is 4.23. The van der Waals surface area contributed by atoms with Gasteiger partial charge in [0.05, 0.1) is 23.3 Å². The summed E-state index contributed by atoms with van der Waals surface area (Å²) in [5.41, 5.74) is 6.51. The molecule has 3 heterocycles. The first-order valence-electron chi connectivity index (χ1n) is 7.34. The van der Waals surface area contributed by atoms with E-state index in [0.29, 0.717) is 43.8 Å². The Hall–Kier alpha value is -1.83. The molecule has 6 nitrogen and oxygen atoms in total. The van der Waals surface area contributed by atoms with Gasteiger partial charge in [0.25, 0.3) is 5.56 Å². The van der Waals surface area contributed by atoms with Gasteiger partial charge < -0.3 is 15.4 Å². The minimum atomic E-state index is -0.466. The zero-order valence-corrected chi connectivity index (χ0v) is 12.2. The van der Waals surface area contributed by atoms with Gasteiger partial charge in [0.15, 0.2) is 0 Å². The Balaban J connectivity index is 1.81. The Bertz CT molecular complexity index is 733. The van der Waals surface area contributed by atoms with E-state index in [-0.39, 0.29) is 11.5 Å². The number of halogens is 1. The Labute approximate surface area is 127 Å². The van der Waals surface area contributed by atoms with E-state index in [9.17, 15) is 14.3 Å². The summed E-state index contributed by atoms with van der Waals surface area (Å²) in [7, 11) is 0. The Morgan fingerprint density at radius 2 is 2.18 bits per heavy atom. The fourth-order valence-corrected chi connectivity index (χ4v) is 2.97. The van der Waals surface area contributed by atoms with Crippen molar-refractivity contribution in [1.82, 2.24) is 14.5 Å². The first-order chi connectivity index (χ1) is 10.6. The molecule has 2 aromatic heterocycles. The predicted octanol–water partition coefficient (Wildman–Crippen LogP) is -0.213. The fourth-order valence-electron chi connectivity index (χ4n) is 2.97. The molecule has 2 atom stereocenters. The topological polar surface area (TPSA) is 84.4 Å². The van der Waals surface area contributed by atoms with Crippen molar-refractivity contribution in [3.8, 4) is 0 Å². The van der Waals surface area contributed by atoms with Crippen LogP contribution in [0.1, 0.15) is 0 Å². The monoisotopic (exact) mass is 306 g/mol. The van der Waals surface area contributed by atoms with Crippen molar-refractivity contribution in [1.29, 1.82) is 0 Å². The van der Waals surface area contributed by atoms with Crippen molar-refractivity contribution in [2.75, 3.05) is 26.2 Å². The molecule has 1 saturated heterocycles. The third kappa shape index (κ3) is 2.87. The van der Waals surface area contributed by atoms with Gasteiger partial charge >= 0.3 is 0 Å². The molecule has 0 saturated carbocycles. The maximum atomic E-state index is 13.4. The average molecular weight is 306 g/mol. The number of β-amino-alcohol motifs (C(OH)–C–C–N with tert-alkyl or cyclic N) is 1. The molecule has 1 aliphatic rings. The largest absolute Gasteiger partial charge is 0.391 e. The van der Waals surface area contributed by atoms with Crippen molar-refractivity contribution in [3.05, 3.63) is 40.6 Å². The van der Waals surface area contributed by atoms with Crippen LogP contribution in [-0.4, -0.2) is 51.8 Å². The predicted molar refractivity (Wildman–Crippen MR) is 81.0 cm³/mol. The van der Waals surface area contributed by atoms with Gasteiger partial charge in [-0.2, -0.15) is 0 Å². The van der Waals surface area contributed by atoms with Crippen LogP contribution in [0.15, 0.2) is 29.2 Å². The number of nitrogens with zero attached hydrogens (tertiary/aromatic N) is 3. The van der Waals surface area contributed by atoms with E-state index in [1.165, 1.54) is 16.7 Å². The van der Waals surface area contributed by atoms with E-state index in [1.54, 1.807) is 6.07 Å². The molecule has 3 N–H and O–H groups in total. The van der Waals surface area contributed by atoms with Crippen LogP contribution in [0.2, 0.25) is 0 Å². The number of aliphatic hydroxyl groups is 1. The Morgan fingerprint density at radius 1 is 1.36 bits per heavy atom. The number of rotatable bonds is 4. The molecule has 118 valence electrons. The summed E-state index contributed by atoms with van der Waals surface area (Å²) < 4.78 is 14.9. The molecule has 0 spiro atoms.